The van der Waals surface area contributed by atoms with Gasteiger partial charge in [0, 0.05) is 30.9 Å². The van der Waals surface area contributed by atoms with E-state index in [1.807, 2.05) is 17.6 Å². The first-order chi connectivity index (χ1) is 10.5. The molecule has 1 saturated heterocycles. The topological polar surface area (TPSA) is 63.2 Å². The van der Waals surface area contributed by atoms with Gasteiger partial charge in [-0.15, -0.1) is 11.3 Å². The predicted molar refractivity (Wildman–Crippen MR) is 88.2 cm³/mol. The molecule has 0 radical (unpaired) electrons. The quantitative estimate of drug-likeness (QED) is 0.859. The molecule has 2 aromatic heterocycles. The summed E-state index contributed by atoms with van der Waals surface area (Å²) < 4.78 is 25.0. The highest BCUT2D eigenvalue weighted by Crippen LogP contribution is 2.25. The van der Waals surface area contributed by atoms with Crippen molar-refractivity contribution in [2.45, 2.75) is 19.3 Å². The van der Waals surface area contributed by atoms with Crippen molar-refractivity contribution in [1.82, 2.24) is 14.3 Å². The van der Waals surface area contributed by atoms with Gasteiger partial charge in [-0.25, -0.2) is 17.7 Å². The third-order valence-corrected chi connectivity index (χ3v) is 6.02. The molecule has 0 aliphatic carbocycles. The molecule has 1 aliphatic rings. The Morgan fingerprint density at radius 3 is 2.95 bits per heavy atom. The summed E-state index contributed by atoms with van der Waals surface area (Å²) in [6, 6.07) is 4.08. The molecule has 5 nitrogen and oxygen atoms in total. The zero-order valence-corrected chi connectivity index (χ0v) is 14.1. The van der Waals surface area contributed by atoms with Crippen LogP contribution in [0.25, 0.3) is 10.7 Å². The lowest BCUT2D eigenvalue weighted by Crippen LogP contribution is -2.39. The SMILES string of the molecule is CS(=O)(=O)N1CCC[C@H](Cc2ccnc(-c3nccs3)c2)C1. The Balaban J connectivity index is 1.72. The zero-order chi connectivity index (χ0) is 15.6. The number of pyridine rings is 1. The van der Waals surface area contributed by atoms with Crippen LogP contribution in [0.3, 0.4) is 0 Å². The van der Waals surface area contributed by atoms with E-state index in [0.717, 1.165) is 30.0 Å². The first kappa shape index (κ1) is 15.6. The summed E-state index contributed by atoms with van der Waals surface area (Å²) in [5.74, 6) is 0.370. The number of hydrogen-bond donors (Lipinski definition) is 0. The van der Waals surface area contributed by atoms with Gasteiger partial charge in [0.15, 0.2) is 0 Å². The number of piperidine rings is 1. The molecule has 22 heavy (non-hydrogen) atoms. The maximum atomic E-state index is 11.7. The van der Waals surface area contributed by atoms with Gasteiger partial charge >= 0.3 is 0 Å². The first-order valence-corrected chi connectivity index (χ1v) is 10.0. The van der Waals surface area contributed by atoms with E-state index in [1.54, 1.807) is 21.8 Å². The van der Waals surface area contributed by atoms with E-state index >= 15 is 0 Å². The van der Waals surface area contributed by atoms with E-state index in [1.165, 1.54) is 11.8 Å². The maximum Gasteiger partial charge on any atom is 0.211 e. The minimum atomic E-state index is -3.08. The largest absolute Gasteiger partial charge is 0.254 e. The van der Waals surface area contributed by atoms with E-state index < -0.39 is 10.0 Å². The van der Waals surface area contributed by atoms with Crippen LogP contribution in [0.5, 0.6) is 0 Å². The summed E-state index contributed by atoms with van der Waals surface area (Å²) in [7, 11) is -3.08. The van der Waals surface area contributed by atoms with Crippen molar-refractivity contribution in [1.29, 1.82) is 0 Å². The van der Waals surface area contributed by atoms with Crippen molar-refractivity contribution in [2.24, 2.45) is 5.92 Å². The normalized spacial score (nSPS) is 20.1. The van der Waals surface area contributed by atoms with Crippen LogP contribution in [0.4, 0.5) is 0 Å². The van der Waals surface area contributed by atoms with Gasteiger partial charge in [-0.05, 0) is 42.9 Å². The molecule has 0 aromatic carbocycles. The average molecular weight is 337 g/mol. The standard InChI is InChI=1S/C15H19N3O2S2/c1-22(19,20)18-7-2-3-13(11-18)9-12-4-5-16-14(10-12)15-17-6-8-21-15/h4-6,8,10,13H,2-3,7,9,11H2,1H3/t13-/m1/s1. The van der Waals surface area contributed by atoms with E-state index in [-0.39, 0.29) is 0 Å². The van der Waals surface area contributed by atoms with Crippen LogP contribution < -0.4 is 0 Å². The second-order valence-electron chi connectivity index (χ2n) is 5.72. The Morgan fingerprint density at radius 1 is 1.36 bits per heavy atom. The summed E-state index contributed by atoms with van der Waals surface area (Å²) >= 11 is 1.57. The van der Waals surface area contributed by atoms with Crippen LogP contribution in [0.2, 0.25) is 0 Å². The molecule has 1 atom stereocenters. The molecule has 3 heterocycles. The molecule has 1 fully saturated rings. The summed E-state index contributed by atoms with van der Waals surface area (Å²) in [4.78, 5) is 8.66. The van der Waals surface area contributed by atoms with Crippen LogP contribution >= 0.6 is 11.3 Å². The fraction of sp³-hybridized carbons (Fsp3) is 0.467. The highest BCUT2D eigenvalue weighted by atomic mass is 32.2. The average Bonchev–Trinajstić information content (AvgIpc) is 3.01. The molecule has 3 rings (SSSR count). The number of thiazole rings is 1. The van der Waals surface area contributed by atoms with E-state index in [9.17, 15) is 8.42 Å². The number of aromatic nitrogens is 2. The molecular weight excluding hydrogens is 318 g/mol. The number of rotatable bonds is 4. The van der Waals surface area contributed by atoms with E-state index in [4.69, 9.17) is 0 Å². The molecule has 0 bridgehead atoms. The van der Waals surface area contributed by atoms with Crippen LogP contribution in [0, 0.1) is 5.92 Å². The lowest BCUT2D eigenvalue weighted by Gasteiger charge is -2.31. The lowest BCUT2D eigenvalue weighted by molar-refractivity contribution is 0.267. The summed E-state index contributed by atoms with van der Waals surface area (Å²) in [6.45, 7) is 1.27. The highest BCUT2D eigenvalue weighted by molar-refractivity contribution is 7.88. The van der Waals surface area contributed by atoms with Crippen molar-refractivity contribution < 1.29 is 8.42 Å². The van der Waals surface area contributed by atoms with Crippen molar-refractivity contribution >= 4 is 21.4 Å². The number of sulfonamides is 1. The van der Waals surface area contributed by atoms with Crippen molar-refractivity contribution in [3.05, 3.63) is 35.5 Å². The van der Waals surface area contributed by atoms with Gasteiger partial charge in [-0.1, -0.05) is 0 Å². The van der Waals surface area contributed by atoms with E-state index in [0.29, 0.717) is 19.0 Å². The van der Waals surface area contributed by atoms with Gasteiger partial charge in [0.2, 0.25) is 10.0 Å². The lowest BCUT2D eigenvalue weighted by atomic mass is 9.92. The molecule has 118 valence electrons. The van der Waals surface area contributed by atoms with Gasteiger partial charge in [-0.2, -0.15) is 0 Å². The smallest absolute Gasteiger partial charge is 0.211 e. The molecule has 0 amide bonds. The molecule has 0 N–H and O–H groups in total. The van der Waals surface area contributed by atoms with Crippen LogP contribution in [0.15, 0.2) is 29.9 Å². The number of hydrogen-bond acceptors (Lipinski definition) is 5. The minimum absolute atomic E-state index is 0.370. The monoisotopic (exact) mass is 337 g/mol. The Hall–Kier alpha value is -1.31. The van der Waals surface area contributed by atoms with Crippen molar-refractivity contribution in [3.63, 3.8) is 0 Å². The van der Waals surface area contributed by atoms with Gasteiger partial charge in [0.1, 0.15) is 5.01 Å². The molecule has 7 heteroatoms. The molecular formula is C15H19N3O2S2. The first-order valence-electron chi connectivity index (χ1n) is 7.32. The summed E-state index contributed by atoms with van der Waals surface area (Å²) in [6.07, 6.45) is 7.76. The Kier molecular flexibility index (Phi) is 4.56. The van der Waals surface area contributed by atoms with Crippen molar-refractivity contribution in [2.75, 3.05) is 19.3 Å². The van der Waals surface area contributed by atoms with E-state index in [2.05, 4.69) is 16.0 Å². The fourth-order valence-electron chi connectivity index (χ4n) is 2.90. The van der Waals surface area contributed by atoms with Crippen molar-refractivity contribution in [3.8, 4) is 10.7 Å². The fourth-order valence-corrected chi connectivity index (χ4v) is 4.44. The van der Waals surface area contributed by atoms with Crippen LogP contribution in [-0.4, -0.2) is 42.0 Å². The maximum absolute atomic E-state index is 11.7. The molecule has 1 aliphatic heterocycles. The van der Waals surface area contributed by atoms with Crippen LogP contribution in [0.1, 0.15) is 18.4 Å². The van der Waals surface area contributed by atoms with Crippen LogP contribution in [-0.2, 0) is 16.4 Å². The molecule has 2 aromatic rings. The third-order valence-electron chi connectivity index (χ3n) is 3.95. The molecule has 0 saturated carbocycles. The summed E-state index contributed by atoms with van der Waals surface area (Å²) in [5, 5.41) is 2.86. The minimum Gasteiger partial charge on any atom is -0.254 e. The zero-order valence-electron chi connectivity index (χ0n) is 12.5. The molecule has 0 spiro atoms. The Morgan fingerprint density at radius 2 is 2.23 bits per heavy atom. The predicted octanol–water partition coefficient (Wildman–Crippen LogP) is 2.42. The third kappa shape index (κ3) is 3.71. The van der Waals surface area contributed by atoms with Gasteiger partial charge in [0.25, 0.3) is 0 Å². The Labute approximate surface area is 135 Å². The van der Waals surface area contributed by atoms with Gasteiger partial charge in [-0.3, -0.25) is 4.98 Å². The highest BCUT2D eigenvalue weighted by Gasteiger charge is 2.25. The second-order valence-corrected chi connectivity index (χ2v) is 8.60. The second kappa shape index (κ2) is 6.44. The van der Waals surface area contributed by atoms with Gasteiger partial charge < -0.3 is 0 Å². The molecule has 0 unspecified atom stereocenters. The Bertz CT molecular complexity index is 729. The van der Waals surface area contributed by atoms with Gasteiger partial charge in [0.05, 0.1) is 11.9 Å². The summed E-state index contributed by atoms with van der Waals surface area (Å²) in [5.41, 5.74) is 2.09. The number of nitrogens with zero attached hydrogens (tertiary/aromatic N) is 3.